The molecule has 0 unspecified atom stereocenters. The number of esters is 1. The number of aromatic nitrogens is 7. The first-order chi connectivity index (χ1) is 16.6. The van der Waals surface area contributed by atoms with Gasteiger partial charge in [-0.3, -0.25) is 13.8 Å². The van der Waals surface area contributed by atoms with E-state index in [0.717, 1.165) is 10.2 Å². The lowest BCUT2D eigenvalue weighted by Gasteiger charge is -2.08. The first kappa shape index (κ1) is 20.1. The van der Waals surface area contributed by atoms with Crippen molar-refractivity contribution < 1.29 is 9.53 Å². The fourth-order valence-electron chi connectivity index (χ4n) is 3.80. The van der Waals surface area contributed by atoms with Crippen LogP contribution in [0.1, 0.15) is 16.3 Å². The molecule has 0 atom stereocenters. The van der Waals surface area contributed by atoms with E-state index < -0.39 is 5.97 Å². The van der Waals surface area contributed by atoms with Gasteiger partial charge in [-0.2, -0.15) is 0 Å². The minimum atomic E-state index is -0.659. The lowest BCUT2D eigenvalue weighted by molar-refractivity contribution is 0.0455. The summed E-state index contributed by atoms with van der Waals surface area (Å²) in [5.41, 5.74) is 1.69. The summed E-state index contributed by atoms with van der Waals surface area (Å²) in [6.07, 6.45) is 2.94. The summed E-state index contributed by atoms with van der Waals surface area (Å²) in [6.45, 7) is -0.169. The van der Waals surface area contributed by atoms with Gasteiger partial charge >= 0.3 is 5.97 Å². The number of fused-ring (bicyclic) bond motifs is 4. The van der Waals surface area contributed by atoms with Gasteiger partial charge in [0.2, 0.25) is 5.78 Å². The van der Waals surface area contributed by atoms with Crippen molar-refractivity contribution in [2.45, 2.75) is 6.61 Å². The second-order valence-corrected chi connectivity index (χ2v) is 8.48. The predicted molar refractivity (Wildman–Crippen MR) is 125 cm³/mol. The van der Waals surface area contributed by atoms with E-state index in [0.29, 0.717) is 33.2 Å². The van der Waals surface area contributed by atoms with Crippen molar-refractivity contribution in [3.8, 4) is 10.7 Å². The van der Waals surface area contributed by atoms with Gasteiger partial charge < -0.3 is 4.74 Å². The van der Waals surface area contributed by atoms with E-state index in [2.05, 4.69) is 25.1 Å². The Balaban J connectivity index is 1.36. The van der Waals surface area contributed by atoms with Gasteiger partial charge in [-0.25, -0.2) is 19.7 Å². The van der Waals surface area contributed by atoms with E-state index in [1.165, 1.54) is 28.3 Å². The van der Waals surface area contributed by atoms with Gasteiger partial charge in [0.15, 0.2) is 18.1 Å². The fraction of sp³-hybridized carbons (Fsp3) is 0.0870. The van der Waals surface area contributed by atoms with Crippen molar-refractivity contribution >= 4 is 44.2 Å². The molecule has 2 aromatic carbocycles. The molecule has 6 aromatic rings. The smallest absolute Gasteiger partial charge is 0.359 e. The van der Waals surface area contributed by atoms with Crippen molar-refractivity contribution in [3.63, 3.8) is 0 Å². The Hall–Kier alpha value is -4.51. The highest BCUT2D eigenvalue weighted by Gasteiger charge is 2.22. The zero-order chi connectivity index (χ0) is 23.2. The molecule has 6 rings (SSSR count). The van der Waals surface area contributed by atoms with Gasteiger partial charge in [-0.15, -0.1) is 21.5 Å². The van der Waals surface area contributed by atoms with E-state index >= 15 is 0 Å². The molecule has 4 aromatic heterocycles. The monoisotopic (exact) mass is 469 g/mol. The molecule has 0 aliphatic carbocycles. The lowest BCUT2D eigenvalue weighted by atomic mass is 10.2. The second-order valence-electron chi connectivity index (χ2n) is 7.45. The molecule has 0 radical (unpaired) electrons. The summed E-state index contributed by atoms with van der Waals surface area (Å²) in [7, 11) is 1.62. The van der Waals surface area contributed by atoms with E-state index in [4.69, 9.17) is 4.74 Å². The van der Waals surface area contributed by atoms with E-state index in [9.17, 15) is 9.59 Å². The molecular formula is C23H15N7O3S. The number of rotatable bonds is 4. The predicted octanol–water partition coefficient (Wildman–Crippen LogP) is 3.00. The quantitative estimate of drug-likeness (QED) is 0.362. The summed E-state index contributed by atoms with van der Waals surface area (Å²) in [6, 6.07) is 14.8. The van der Waals surface area contributed by atoms with Crippen LogP contribution in [-0.2, 0) is 18.4 Å². The molecule has 0 bridgehead atoms. The molecule has 11 heteroatoms. The minimum absolute atomic E-state index is 0.0626. The maximum atomic E-state index is 13.0. The molecule has 0 saturated carbocycles. The molecule has 4 heterocycles. The van der Waals surface area contributed by atoms with Crippen LogP contribution in [0.5, 0.6) is 0 Å². The maximum Gasteiger partial charge on any atom is 0.359 e. The first-order valence-electron chi connectivity index (χ1n) is 10.3. The third-order valence-electron chi connectivity index (χ3n) is 5.41. The van der Waals surface area contributed by atoms with Crippen LogP contribution in [0, 0.1) is 0 Å². The standard InChI is InChI=1S/C23H15N7O3S/c1-29-21(31)13-6-2-4-8-15(13)30-17(27-28-23(29)30)12-33-22(32)19-18(24-10-11-25-19)20-26-14-7-3-5-9-16(14)34-20/h2-11H,12H2,1H3. The van der Waals surface area contributed by atoms with Crippen LogP contribution in [0.4, 0.5) is 0 Å². The largest absolute Gasteiger partial charge is 0.453 e. The summed E-state index contributed by atoms with van der Waals surface area (Å²) >= 11 is 1.42. The molecule has 0 aliphatic rings. The Morgan fingerprint density at radius 1 is 1.03 bits per heavy atom. The van der Waals surface area contributed by atoms with Crippen LogP contribution >= 0.6 is 11.3 Å². The molecule has 0 amide bonds. The number of thiazole rings is 1. The van der Waals surface area contributed by atoms with E-state index in [1.807, 2.05) is 30.3 Å². The maximum absolute atomic E-state index is 13.0. The Labute approximate surface area is 195 Å². The van der Waals surface area contributed by atoms with Gasteiger partial charge in [0.1, 0.15) is 10.7 Å². The zero-order valence-electron chi connectivity index (χ0n) is 17.7. The molecule has 0 aliphatic heterocycles. The Morgan fingerprint density at radius 2 is 1.82 bits per heavy atom. The zero-order valence-corrected chi connectivity index (χ0v) is 18.6. The van der Waals surface area contributed by atoms with Crippen LogP contribution < -0.4 is 5.56 Å². The minimum Gasteiger partial charge on any atom is -0.453 e. The fourth-order valence-corrected chi connectivity index (χ4v) is 4.76. The number of hydrogen-bond acceptors (Lipinski definition) is 9. The van der Waals surface area contributed by atoms with Gasteiger partial charge in [0.05, 0.1) is 21.1 Å². The summed E-state index contributed by atoms with van der Waals surface area (Å²) in [5, 5.41) is 9.36. The Kier molecular flexibility index (Phi) is 4.62. The highest BCUT2D eigenvalue weighted by molar-refractivity contribution is 7.21. The molecule has 34 heavy (non-hydrogen) atoms. The Morgan fingerprint density at radius 3 is 2.71 bits per heavy atom. The topological polar surface area (TPSA) is 117 Å². The average Bonchev–Trinajstić information content (AvgIpc) is 3.50. The molecule has 0 saturated heterocycles. The average molecular weight is 469 g/mol. The molecule has 166 valence electrons. The van der Waals surface area contributed by atoms with Crippen LogP contribution in [-0.4, -0.2) is 40.1 Å². The Bertz CT molecular complexity index is 1750. The molecule has 0 spiro atoms. The van der Waals surface area contributed by atoms with Gasteiger partial charge in [-0.1, -0.05) is 24.3 Å². The summed E-state index contributed by atoms with van der Waals surface area (Å²) in [4.78, 5) is 38.7. The van der Waals surface area contributed by atoms with Crippen molar-refractivity contribution in [2.75, 3.05) is 0 Å². The van der Waals surface area contributed by atoms with Gasteiger partial charge in [-0.05, 0) is 24.3 Å². The van der Waals surface area contributed by atoms with Crippen molar-refractivity contribution in [2.24, 2.45) is 7.05 Å². The van der Waals surface area contributed by atoms with Crippen molar-refractivity contribution in [1.82, 2.24) is 34.1 Å². The summed E-state index contributed by atoms with van der Waals surface area (Å²) in [5.74, 6) is 0.0678. The molecule has 0 N–H and O–H groups in total. The number of aryl methyl sites for hydroxylation is 1. The number of hydrogen-bond donors (Lipinski definition) is 0. The number of nitrogens with zero attached hydrogens (tertiary/aromatic N) is 7. The van der Waals surface area contributed by atoms with Crippen LogP contribution in [0.2, 0.25) is 0 Å². The number of benzene rings is 2. The molecular weight excluding hydrogens is 454 g/mol. The number of ether oxygens (including phenoxy) is 1. The highest BCUT2D eigenvalue weighted by Crippen LogP contribution is 2.30. The van der Waals surface area contributed by atoms with Gasteiger partial charge in [0.25, 0.3) is 5.56 Å². The third-order valence-corrected chi connectivity index (χ3v) is 6.46. The molecule has 0 fully saturated rings. The number of carbonyl (C=O) groups excluding carboxylic acids is 1. The SMILES string of the molecule is Cn1c(=O)c2ccccc2n2c(COC(=O)c3nccnc3-c3nc4ccccc4s3)nnc12. The van der Waals surface area contributed by atoms with Crippen molar-refractivity contribution in [3.05, 3.63) is 82.8 Å². The third kappa shape index (κ3) is 3.13. The van der Waals surface area contributed by atoms with Crippen LogP contribution in [0.15, 0.2) is 65.7 Å². The second kappa shape index (κ2) is 7.81. The lowest BCUT2D eigenvalue weighted by Crippen LogP contribution is -2.20. The highest BCUT2D eigenvalue weighted by atomic mass is 32.1. The molecule has 10 nitrogen and oxygen atoms in total. The number of para-hydroxylation sites is 2. The van der Waals surface area contributed by atoms with Crippen LogP contribution in [0.25, 0.3) is 37.6 Å². The van der Waals surface area contributed by atoms with Gasteiger partial charge in [0, 0.05) is 19.4 Å². The first-order valence-corrected chi connectivity index (χ1v) is 11.1. The van der Waals surface area contributed by atoms with E-state index in [-0.39, 0.29) is 17.9 Å². The van der Waals surface area contributed by atoms with Crippen molar-refractivity contribution in [1.29, 1.82) is 0 Å². The van der Waals surface area contributed by atoms with Crippen LogP contribution in [0.3, 0.4) is 0 Å². The summed E-state index contributed by atoms with van der Waals surface area (Å²) < 4.78 is 9.66. The number of carbonyl (C=O) groups is 1. The normalized spacial score (nSPS) is 11.4. The van der Waals surface area contributed by atoms with E-state index in [1.54, 1.807) is 29.6 Å².